The summed E-state index contributed by atoms with van der Waals surface area (Å²) >= 11 is 0. The van der Waals surface area contributed by atoms with E-state index < -0.39 is 0 Å². The van der Waals surface area contributed by atoms with Crippen molar-refractivity contribution in [3.05, 3.63) is 48.0 Å². The zero-order chi connectivity index (χ0) is 22.9. The van der Waals surface area contributed by atoms with E-state index in [0.717, 1.165) is 37.5 Å². The van der Waals surface area contributed by atoms with E-state index in [1.54, 1.807) is 32.4 Å². The second-order valence-electron chi connectivity index (χ2n) is 7.79. The molecule has 7 nitrogen and oxygen atoms in total. The number of hydrogen-bond donors (Lipinski definition) is 0. The van der Waals surface area contributed by atoms with Crippen molar-refractivity contribution in [3.63, 3.8) is 0 Å². The van der Waals surface area contributed by atoms with Crippen LogP contribution in [-0.4, -0.2) is 63.6 Å². The van der Waals surface area contributed by atoms with Crippen molar-refractivity contribution in [2.45, 2.75) is 26.2 Å². The Hall–Kier alpha value is -3.22. The molecule has 172 valence electrons. The van der Waals surface area contributed by atoms with Crippen molar-refractivity contribution in [2.24, 2.45) is 0 Å². The minimum atomic E-state index is -0.0246. The number of methoxy groups -OCH3 is 2. The van der Waals surface area contributed by atoms with Gasteiger partial charge in [-0.1, -0.05) is 0 Å². The Morgan fingerprint density at radius 2 is 1.69 bits per heavy atom. The molecule has 1 amide bonds. The highest BCUT2D eigenvalue weighted by atomic mass is 16.5. The van der Waals surface area contributed by atoms with Crippen LogP contribution < -0.4 is 19.1 Å². The summed E-state index contributed by atoms with van der Waals surface area (Å²) in [5.41, 5.74) is 1.73. The molecule has 0 radical (unpaired) electrons. The molecule has 0 aliphatic carbocycles. The molecule has 0 saturated carbocycles. The number of Topliss-reactive ketones (excluding diaryl/α,β-unsaturated/α-hetero) is 1. The third-order valence-corrected chi connectivity index (χ3v) is 5.65. The molecule has 1 aliphatic heterocycles. The zero-order valence-corrected chi connectivity index (χ0v) is 19.1. The number of ketones is 1. The van der Waals surface area contributed by atoms with E-state index in [1.807, 2.05) is 17.0 Å². The summed E-state index contributed by atoms with van der Waals surface area (Å²) in [7, 11) is 3.21. The van der Waals surface area contributed by atoms with Crippen LogP contribution in [0.3, 0.4) is 0 Å². The standard InChI is InChI=1S/C25H32N2O5/c1-19(28)20-7-12-23(24(18-20)31-3)32-17-4-6-25(29)27-14-5-13-26(15-16-27)21-8-10-22(30-2)11-9-21/h7-12,18H,4-6,13-17H2,1-3H3. The lowest BCUT2D eigenvalue weighted by atomic mass is 10.1. The molecule has 0 atom stereocenters. The molecule has 1 heterocycles. The van der Waals surface area contributed by atoms with Gasteiger partial charge in [0.25, 0.3) is 0 Å². The Balaban J connectivity index is 1.44. The van der Waals surface area contributed by atoms with Gasteiger partial charge in [-0.2, -0.15) is 0 Å². The van der Waals surface area contributed by atoms with E-state index in [0.29, 0.717) is 43.1 Å². The highest BCUT2D eigenvalue weighted by molar-refractivity contribution is 5.94. The average molecular weight is 441 g/mol. The second-order valence-corrected chi connectivity index (χ2v) is 7.79. The minimum Gasteiger partial charge on any atom is -0.497 e. The highest BCUT2D eigenvalue weighted by Gasteiger charge is 2.19. The lowest BCUT2D eigenvalue weighted by Crippen LogP contribution is -2.35. The third kappa shape index (κ3) is 6.15. The fourth-order valence-electron chi connectivity index (χ4n) is 3.79. The number of carbonyl (C=O) groups is 2. The van der Waals surface area contributed by atoms with Crippen LogP contribution >= 0.6 is 0 Å². The van der Waals surface area contributed by atoms with Gasteiger partial charge in [-0.25, -0.2) is 0 Å². The summed E-state index contributed by atoms with van der Waals surface area (Å²) in [6.07, 6.45) is 2.00. The Morgan fingerprint density at radius 1 is 0.906 bits per heavy atom. The van der Waals surface area contributed by atoms with Gasteiger partial charge in [0.1, 0.15) is 5.75 Å². The fourth-order valence-corrected chi connectivity index (χ4v) is 3.79. The van der Waals surface area contributed by atoms with E-state index in [4.69, 9.17) is 14.2 Å². The number of ether oxygens (including phenoxy) is 3. The molecule has 3 rings (SSSR count). The third-order valence-electron chi connectivity index (χ3n) is 5.65. The van der Waals surface area contributed by atoms with Gasteiger partial charge in [0.05, 0.1) is 20.8 Å². The van der Waals surface area contributed by atoms with Crippen molar-refractivity contribution < 1.29 is 23.8 Å². The summed E-state index contributed by atoms with van der Waals surface area (Å²) in [4.78, 5) is 28.5. The smallest absolute Gasteiger partial charge is 0.222 e. The first kappa shape index (κ1) is 23.4. The van der Waals surface area contributed by atoms with Gasteiger partial charge < -0.3 is 24.0 Å². The molecule has 0 bridgehead atoms. The molecule has 0 spiro atoms. The predicted molar refractivity (Wildman–Crippen MR) is 124 cm³/mol. The van der Waals surface area contributed by atoms with Crippen LogP contribution in [0.1, 0.15) is 36.5 Å². The normalized spacial score (nSPS) is 14.0. The summed E-state index contributed by atoms with van der Waals surface area (Å²) in [5, 5.41) is 0. The number of nitrogens with zero attached hydrogens (tertiary/aromatic N) is 2. The van der Waals surface area contributed by atoms with Gasteiger partial charge in [0, 0.05) is 43.9 Å². The maximum atomic E-state index is 12.7. The number of hydrogen-bond acceptors (Lipinski definition) is 6. The van der Waals surface area contributed by atoms with Crippen LogP contribution in [-0.2, 0) is 4.79 Å². The first-order valence-electron chi connectivity index (χ1n) is 11.0. The molecule has 2 aromatic rings. The Kier molecular flexibility index (Phi) is 8.36. The lowest BCUT2D eigenvalue weighted by Gasteiger charge is -2.24. The maximum Gasteiger partial charge on any atom is 0.222 e. The molecule has 0 aromatic heterocycles. The van der Waals surface area contributed by atoms with Gasteiger partial charge in [-0.15, -0.1) is 0 Å². The van der Waals surface area contributed by atoms with Crippen LogP contribution in [0.2, 0.25) is 0 Å². The second kappa shape index (κ2) is 11.4. The summed E-state index contributed by atoms with van der Waals surface area (Å²) in [5.74, 6) is 2.08. The quantitative estimate of drug-likeness (QED) is 0.436. The molecule has 1 saturated heterocycles. The summed E-state index contributed by atoms with van der Waals surface area (Å²) in [6, 6.07) is 13.2. The molecular weight excluding hydrogens is 408 g/mol. The Morgan fingerprint density at radius 3 is 2.38 bits per heavy atom. The number of rotatable bonds is 9. The first-order valence-corrected chi connectivity index (χ1v) is 11.0. The number of benzene rings is 2. The molecule has 1 fully saturated rings. The van der Waals surface area contributed by atoms with Crippen LogP contribution in [0.4, 0.5) is 5.69 Å². The van der Waals surface area contributed by atoms with Gasteiger partial charge in [0.15, 0.2) is 17.3 Å². The van der Waals surface area contributed by atoms with Crippen LogP contribution in [0.15, 0.2) is 42.5 Å². The molecule has 32 heavy (non-hydrogen) atoms. The van der Waals surface area contributed by atoms with Gasteiger partial charge in [0.2, 0.25) is 5.91 Å². The summed E-state index contributed by atoms with van der Waals surface area (Å²) < 4.78 is 16.3. The number of amides is 1. The van der Waals surface area contributed by atoms with Crippen molar-refractivity contribution in [1.82, 2.24) is 4.90 Å². The topological polar surface area (TPSA) is 68.3 Å². The number of anilines is 1. The molecule has 0 N–H and O–H groups in total. The Labute approximate surface area is 189 Å². The molecule has 2 aromatic carbocycles. The molecule has 7 heteroatoms. The summed E-state index contributed by atoms with van der Waals surface area (Å²) in [6.45, 7) is 5.15. The van der Waals surface area contributed by atoms with E-state index in [1.165, 1.54) is 6.92 Å². The van der Waals surface area contributed by atoms with Crippen molar-refractivity contribution in [2.75, 3.05) is 51.9 Å². The first-order chi connectivity index (χ1) is 15.5. The predicted octanol–water partition coefficient (Wildman–Crippen LogP) is 3.80. The van der Waals surface area contributed by atoms with Gasteiger partial charge in [-0.05, 0) is 62.2 Å². The van der Waals surface area contributed by atoms with E-state index in [2.05, 4.69) is 17.0 Å². The average Bonchev–Trinajstić information content (AvgIpc) is 3.08. The van der Waals surface area contributed by atoms with Crippen LogP contribution in [0.25, 0.3) is 0 Å². The van der Waals surface area contributed by atoms with Crippen LogP contribution in [0, 0.1) is 0 Å². The minimum absolute atomic E-state index is 0.0246. The van der Waals surface area contributed by atoms with Gasteiger partial charge in [-0.3, -0.25) is 9.59 Å². The van der Waals surface area contributed by atoms with E-state index >= 15 is 0 Å². The van der Waals surface area contributed by atoms with Crippen molar-refractivity contribution in [1.29, 1.82) is 0 Å². The van der Waals surface area contributed by atoms with E-state index in [9.17, 15) is 9.59 Å². The monoisotopic (exact) mass is 440 g/mol. The lowest BCUT2D eigenvalue weighted by molar-refractivity contribution is -0.131. The highest BCUT2D eigenvalue weighted by Crippen LogP contribution is 2.28. The number of carbonyl (C=O) groups excluding carboxylic acids is 2. The maximum absolute atomic E-state index is 12.7. The molecule has 1 aliphatic rings. The largest absolute Gasteiger partial charge is 0.497 e. The van der Waals surface area contributed by atoms with Crippen molar-refractivity contribution >= 4 is 17.4 Å². The molecule has 0 unspecified atom stereocenters. The zero-order valence-electron chi connectivity index (χ0n) is 19.1. The molecular formula is C25H32N2O5. The van der Waals surface area contributed by atoms with Crippen LogP contribution in [0.5, 0.6) is 17.2 Å². The fraction of sp³-hybridized carbons (Fsp3) is 0.440. The SMILES string of the molecule is COc1ccc(N2CCCN(C(=O)CCCOc3ccc(C(C)=O)cc3OC)CC2)cc1. The Bertz CT molecular complexity index is 913. The van der Waals surface area contributed by atoms with Gasteiger partial charge >= 0.3 is 0 Å². The van der Waals surface area contributed by atoms with Crippen molar-refractivity contribution in [3.8, 4) is 17.2 Å². The van der Waals surface area contributed by atoms with E-state index in [-0.39, 0.29) is 11.7 Å².